The van der Waals surface area contributed by atoms with E-state index < -0.39 is 9.84 Å². The largest absolute Gasteiger partial charge is 0.496 e. The maximum absolute atomic E-state index is 11.3. The molecule has 6 nitrogen and oxygen atoms in total. The Balaban J connectivity index is 0.00000576. The number of halogens is 1. The maximum Gasteiger partial charge on any atom is 0.191 e. The lowest BCUT2D eigenvalue weighted by Crippen LogP contribution is -2.43. The third-order valence-electron chi connectivity index (χ3n) is 3.49. The van der Waals surface area contributed by atoms with Gasteiger partial charge in [-0.2, -0.15) is 0 Å². The second kappa shape index (κ2) is 12.3. The zero-order valence-corrected chi connectivity index (χ0v) is 18.6. The zero-order valence-electron chi connectivity index (χ0n) is 15.4. The van der Waals surface area contributed by atoms with Crippen LogP contribution in [0, 0.1) is 0 Å². The predicted octanol–water partition coefficient (Wildman–Crippen LogP) is 2.23. The molecule has 1 atom stereocenters. The van der Waals surface area contributed by atoms with Crippen molar-refractivity contribution in [2.24, 2.45) is 4.99 Å². The Kier molecular flexibility index (Phi) is 11.8. The monoisotopic (exact) mass is 483 g/mol. The molecule has 0 fully saturated rings. The number of methoxy groups -OCH3 is 1. The molecule has 1 aromatic rings. The molecule has 0 saturated carbocycles. The highest BCUT2D eigenvalue weighted by molar-refractivity contribution is 14.0. The van der Waals surface area contributed by atoms with Crippen molar-refractivity contribution in [2.75, 3.05) is 32.2 Å². The fraction of sp³-hybridized carbons (Fsp3) is 0.588. The summed E-state index contributed by atoms with van der Waals surface area (Å²) in [5.74, 6) is 1.74. The lowest BCUT2D eigenvalue weighted by Gasteiger charge is -2.17. The van der Waals surface area contributed by atoms with Gasteiger partial charge in [0.25, 0.3) is 0 Å². The van der Waals surface area contributed by atoms with Crippen LogP contribution in [-0.4, -0.2) is 52.6 Å². The molecule has 144 valence electrons. The Morgan fingerprint density at radius 2 is 2.00 bits per heavy atom. The van der Waals surface area contributed by atoms with Crippen molar-refractivity contribution in [1.29, 1.82) is 0 Å². The van der Waals surface area contributed by atoms with E-state index in [1.54, 1.807) is 7.11 Å². The fourth-order valence-electron chi connectivity index (χ4n) is 2.21. The van der Waals surface area contributed by atoms with Gasteiger partial charge in [0.15, 0.2) is 5.96 Å². The number of sulfone groups is 1. The SMILES string of the molecule is CCNC(=NCCc1ccccc1OC)NC(C)CCS(C)(=O)=O.I. The molecule has 8 heteroatoms. The van der Waals surface area contributed by atoms with Crippen LogP contribution in [0.3, 0.4) is 0 Å². The molecule has 0 heterocycles. The van der Waals surface area contributed by atoms with Crippen molar-refractivity contribution in [3.8, 4) is 5.75 Å². The molecule has 0 aliphatic carbocycles. The van der Waals surface area contributed by atoms with E-state index in [0.717, 1.165) is 24.3 Å². The molecular weight excluding hydrogens is 453 g/mol. The van der Waals surface area contributed by atoms with Gasteiger partial charge in [0.2, 0.25) is 0 Å². The minimum atomic E-state index is -2.94. The molecular formula is C17H30IN3O3S. The molecule has 0 amide bonds. The topological polar surface area (TPSA) is 79.8 Å². The van der Waals surface area contributed by atoms with Crippen LogP contribution >= 0.6 is 24.0 Å². The van der Waals surface area contributed by atoms with Crippen LogP contribution in [0.4, 0.5) is 0 Å². The third kappa shape index (κ3) is 10.5. The van der Waals surface area contributed by atoms with Crippen LogP contribution in [0.15, 0.2) is 29.3 Å². The first-order chi connectivity index (χ1) is 11.4. The molecule has 1 aromatic carbocycles. The number of para-hydroxylation sites is 1. The van der Waals surface area contributed by atoms with Crippen molar-refractivity contribution >= 4 is 39.8 Å². The van der Waals surface area contributed by atoms with Crippen molar-refractivity contribution in [2.45, 2.75) is 32.7 Å². The molecule has 2 N–H and O–H groups in total. The molecule has 0 aliphatic rings. The molecule has 0 saturated heterocycles. The third-order valence-corrected chi connectivity index (χ3v) is 4.47. The van der Waals surface area contributed by atoms with Gasteiger partial charge in [-0.05, 0) is 38.3 Å². The number of ether oxygens (including phenoxy) is 1. The summed E-state index contributed by atoms with van der Waals surface area (Å²) in [4.78, 5) is 4.56. The van der Waals surface area contributed by atoms with E-state index >= 15 is 0 Å². The predicted molar refractivity (Wildman–Crippen MR) is 115 cm³/mol. The van der Waals surface area contributed by atoms with Crippen LogP contribution in [-0.2, 0) is 16.3 Å². The highest BCUT2D eigenvalue weighted by Crippen LogP contribution is 2.17. The number of aliphatic imine (C=N–C) groups is 1. The Labute approximate surface area is 168 Å². The van der Waals surface area contributed by atoms with Gasteiger partial charge in [-0.1, -0.05) is 18.2 Å². The fourth-order valence-corrected chi connectivity index (χ4v) is 3.00. The van der Waals surface area contributed by atoms with Gasteiger partial charge in [0.05, 0.1) is 12.9 Å². The summed E-state index contributed by atoms with van der Waals surface area (Å²) < 4.78 is 27.8. The van der Waals surface area contributed by atoms with E-state index in [-0.39, 0.29) is 35.8 Å². The highest BCUT2D eigenvalue weighted by atomic mass is 127. The van der Waals surface area contributed by atoms with Crippen LogP contribution in [0.25, 0.3) is 0 Å². The van der Waals surface area contributed by atoms with Gasteiger partial charge in [-0.3, -0.25) is 4.99 Å². The second-order valence-electron chi connectivity index (χ2n) is 5.79. The van der Waals surface area contributed by atoms with Crippen LogP contribution in [0.2, 0.25) is 0 Å². The number of rotatable bonds is 9. The second-order valence-corrected chi connectivity index (χ2v) is 8.05. The molecule has 1 unspecified atom stereocenters. The first-order valence-electron chi connectivity index (χ1n) is 8.20. The number of guanidine groups is 1. The summed E-state index contributed by atoms with van der Waals surface area (Å²) in [6, 6.07) is 7.93. The Bertz CT molecular complexity index is 636. The van der Waals surface area contributed by atoms with E-state index in [2.05, 4.69) is 15.6 Å². The Morgan fingerprint density at radius 3 is 2.60 bits per heavy atom. The molecule has 0 radical (unpaired) electrons. The number of benzene rings is 1. The summed E-state index contributed by atoms with van der Waals surface area (Å²) in [6.45, 7) is 5.32. The lowest BCUT2D eigenvalue weighted by atomic mass is 10.1. The molecule has 1 rings (SSSR count). The molecule has 25 heavy (non-hydrogen) atoms. The van der Waals surface area contributed by atoms with Crippen molar-refractivity contribution in [1.82, 2.24) is 10.6 Å². The summed E-state index contributed by atoms with van der Waals surface area (Å²) in [5.41, 5.74) is 1.12. The normalized spacial score (nSPS) is 12.9. The van der Waals surface area contributed by atoms with Crippen LogP contribution < -0.4 is 15.4 Å². The van der Waals surface area contributed by atoms with E-state index in [9.17, 15) is 8.42 Å². The molecule has 0 aliphatic heterocycles. The minimum Gasteiger partial charge on any atom is -0.496 e. The number of hydrogen-bond acceptors (Lipinski definition) is 4. The summed E-state index contributed by atoms with van der Waals surface area (Å²) in [5, 5.41) is 6.43. The average molecular weight is 483 g/mol. The Hall–Kier alpha value is -1.03. The maximum atomic E-state index is 11.3. The quantitative estimate of drug-likeness (QED) is 0.320. The standard InChI is InChI=1S/C17H29N3O3S.HI/c1-5-18-17(20-14(2)11-13-24(4,21)22)19-12-10-15-8-6-7-9-16(15)23-3;/h6-9,14H,5,10-13H2,1-4H3,(H2,18,19,20);1H. The minimum absolute atomic E-state index is 0. The summed E-state index contributed by atoms with van der Waals surface area (Å²) in [7, 11) is -1.28. The number of hydrogen-bond donors (Lipinski definition) is 2. The van der Waals surface area contributed by atoms with Crippen molar-refractivity contribution in [3.05, 3.63) is 29.8 Å². The van der Waals surface area contributed by atoms with Crippen LogP contribution in [0.5, 0.6) is 5.75 Å². The van der Waals surface area contributed by atoms with Crippen molar-refractivity contribution in [3.63, 3.8) is 0 Å². The average Bonchev–Trinajstić information content (AvgIpc) is 2.53. The summed E-state index contributed by atoms with van der Waals surface area (Å²) in [6.07, 6.45) is 2.58. The van der Waals surface area contributed by atoms with E-state index in [1.807, 2.05) is 38.1 Å². The molecule has 0 spiro atoms. The van der Waals surface area contributed by atoms with Crippen LogP contribution in [0.1, 0.15) is 25.8 Å². The van der Waals surface area contributed by atoms with Gasteiger partial charge in [0.1, 0.15) is 15.6 Å². The van der Waals surface area contributed by atoms with E-state index in [0.29, 0.717) is 18.9 Å². The van der Waals surface area contributed by atoms with Gasteiger partial charge >= 0.3 is 0 Å². The van der Waals surface area contributed by atoms with Gasteiger partial charge in [-0.15, -0.1) is 24.0 Å². The van der Waals surface area contributed by atoms with Gasteiger partial charge in [0, 0.05) is 25.4 Å². The Morgan fingerprint density at radius 1 is 1.32 bits per heavy atom. The molecule has 0 bridgehead atoms. The number of nitrogens with one attached hydrogen (secondary N) is 2. The first-order valence-corrected chi connectivity index (χ1v) is 10.3. The highest BCUT2D eigenvalue weighted by Gasteiger charge is 2.09. The summed E-state index contributed by atoms with van der Waals surface area (Å²) >= 11 is 0. The smallest absolute Gasteiger partial charge is 0.191 e. The van der Waals surface area contributed by atoms with Crippen molar-refractivity contribution < 1.29 is 13.2 Å². The van der Waals surface area contributed by atoms with Gasteiger partial charge < -0.3 is 15.4 Å². The molecule has 0 aromatic heterocycles. The number of nitrogens with zero attached hydrogens (tertiary/aromatic N) is 1. The lowest BCUT2D eigenvalue weighted by molar-refractivity contribution is 0.410. The van der Waals surface area contributed by atoms with E-state index in [1.165, 1.54) is 6.26 Å². The first kappa shape index (κ1) is 24.0. The van der Waals surface area contributed by atoms with E-state index in [4.69, 9.17) is 4.74 Å². The van der Waals surface area contributed by atoms with Gasteiger partial charge in [-0.25, -0.2) is 8.42 Å². The zero-order chi connectivity index (χ0) is 18.0.